The predicted octanol–water partition coefficient (Wildman–Crippen LogP) is 6.16. The van der Waals surface area contributed by atoms with Gasteiger partial charge in [-0.3, -0.25) is 0 Å². The van der Waals surface area contributed by atoms with Gasteiger partial charge in [-0.15, -0.1) is 0 Å². The summed E-state index contributed by atoms with van der Waals surface area (Å²) in [5.74, 6) is 0.581. The van der Waals surface area contributed by atoms with Crippen LogP contribution in [0.15, 0.2) is 65.6 Å². The lowest BCUT2D eigenvalue weighted by Gasteiger charge is -2.42. The molecule has 1 saturated heterocycles. The number of likely N-dealkylation sites (N-methyl/N-ethyl adjacent to an activating group) is 1. The monoisotopic (exact) mass is 565 g/mol. The lowest BCUT2D eigenvalue weighted by molar-refractivity contribution is 0.310. The minimum atomic E-state index is -3.75. The van der Waals surface area contributed by atoms with Gasteiger partial charge in [-0.05, 0) is 60.9 Å². The van der Waals surface area contributed by atoms with Crippen molar-refractivity contribution in [2.45, 2.75) is 29.8 Å². The summed E-state index contributed by atoms with van der Waals surface area (Å²) in [6, 6.07) is 17.7. The summed E-state index contributed by atoms with van der Waals surface area (Å²) in [4.78, 5) is 4.45. The molecule has 2 atom stereocenters. The molecule has 10 heteroatoms. The highest BCUT2D eigenvalue weighted by Crippen LogP contribution is 2.40. The molecule has 1 unspecified atom stereocenters. The number of sulfonamides is 1. The Labute approximate surface area is 226 Å². The molecule has 0 bridgehead atoms. The summed E-state index contributed by atoms with van der Waals surface area (Å²) in [5, 5.41) is 1.76. The van der Waals surface area contributed by atoms with E-state index in [9.17, 15) is 8.42 Å². The lowest BCUT2D eigenvalue weighted by atomic mass is 9.91. The third-order valence-corrected chi connectivity index (χ3v) is 9.04. The molecule has 0 spiro atoms. The van der Waals surface area contributed by atoms with Crippen LogP contribution in [0.4, 0.5) is 11.4 Å². The average Bonchev–Trinajstić information content (AvgIpc) is 2.85. The maximum atomic E-state index is 13.4. The van der Waals surface area contributed by atoms with Gasteiger partial charge < -0.3 is 14.5 Å². The minimum Gasteiger partial charge on any atom is -0.490 e. The number of hydrogen-bond acceptors (Lipinski definition) is 5. The number of anilines is 2. The van der Waals surface area contributed by atoms with Gasteiger partial charge in [0, 0.05) is 35.7 Å². The maximum absolute atomic E-state index is 13.4. The van der Waals surface area contributed by atoms with Crippen LogP contribution in [0.1, 0.15) is 24.4 Å². The highest BCUT2D eigenvalue weighted by molar-refractivity contribution is 7.89. The topological polar surface area (TPSA) is 61.9 Å². The molecular weight excluding hydrogens is 541 g/mol. The van der Waals surface area contributed by atoms with Gasteiger partial charge in [-0.2, -0.15) is 0 Å². The van der Waals surface area contributed by atoms with Gasteiger partial charge >= 0.3 is 0 Å². The summed E-state index contributed by atoms with van der Waals surface area (Å²) >= 11 is 18.8. The van der Waals surface area contributed by atoms with Crippen LogP contribution in [-0.4, -0.2) is 41.2 Å². The number of fused-ring (bicyclic) bond motifs is 1. The Morgan fingerprint density at radius 1 is 0.917 bits per heavy atom. The molecule has 1 N–H and O–H groups in total. The van der Waals surface area contributed by atoms with Gasteiger partial charge in [0.05, 0.1) is 33.9 Å². The second-order valence-corrected chi connectivity index (χ2v) is 12.1. The molecule has 1 fully saturated rings. The average molecular weight is 567 g/mol. The van der Waals surface area contributed by atoms with Crippen molar-refractivity contribution in [3.8, 4) is 5.75 Å². The molecular formula is C26H26Cl3N3O3S. The summed E-state index contributed by atoms with van der Waals surface area (Å²) in [6.45, 7) is 1.90. The van der Waals surface area contributed by atoms with E-state index in [4.69, 9.17) is 39.5 Å². The van der Waals surface area contributed by atoms with Crippen molar-refractivity contribution in [1.82, 2.24) is 4.72 Å². The highest BCUT2D eigenvalue weighted by atomic mass is 35.5. The molecule has 5 rings (SSSR count). The van der Waals surface area contributed by atoms with Gasteiger partial charge in [0.2, 0.25) is 10.0 Å². The van der Waals surface area contributed by atoms with Crippen LogP contribution in [0.5, 0.6) is 5.75 Å². The van der Waals surface area contributed by atoms with E-state index in [0.717, 1.165) is 23.5 Å². The zero-order valence-electron chi connectivity index (χ0n) is 19.6. The Morgan fingerprint density at radius 2 is 1.64 bits per heavy atom. The minimum absolute atomic E-state index is 0.108. The van der Waals surface area contributed by atoms with E-state index in [1.165, 1.54) is 0 Å². The molecule has 2 aliphatic rings. The van der Waals surface area contributed by atoms with Crippen LogP contribution in [0.25, 0.3) is 0 Å². The molecule has 36 heavy (non-hydrogen) atoms. The van der Waals surface area contributed by atoms with Crippen molar-refractivity contribution < 1.29 is 13.2 Å². The Kier molecular flexibility index (Phi) is 7.30. The molecule has 0 aromatic heterocycles. The zero-order chi connectivity index (χ0) is 25.4. The van der Waals surface area contributed by atoms with Crippen molar-refractivity contribution in [2.75, 3.05) is 36.5 Å². The molecule has 0 amide bonds. The third kappa shape index (κ3) is 5.27. The standard InChI is InChI=1S/C26H26Cl3N3O3S/c1-31-12-13-35-26-16-21(7-9-24(26)31)36(33,34)30-20-10-11-32(23-8-6-19(28)14-22(23)29)25(15-20)17-2-4-18(27)5-3-17/h2-9,14,16,20,25,30H,10-13,15H2,1H3/t20?,25-/m0/s1. The normalized spacial score (nSPS) is 20.1. The summed E-state index contributed by atoms with van der Waals surface area (Å²) < 4.78 is 35.3. The van der Waals surface area contributed by atoms with Gasteiger partial charge in [0.1, 0.15) is 12.4 Å². The van der Waals surface area contributed by atoms with Crippen LogP contribution in [0.3, 0.4) is 0 Å². The number of benzene rings is 3. The van der Waals surface area contributed by atoms with Gasteiger partial charge in [-0.1, -0.05) is 46.9 Å². The molecule has 2 aliphatic heterocycles. The predicted molar refractivity (Wildman–Crippen MR) is 147 cm³/mol. The second kappa shape index (κ2) is 10.3. The summed E-state index contributed by atoms with van der Waals surface area (Å²) in [5.41, 5.74) is 2.77. The van der Waals surface area contributed by atoms with Crippen molar-refractivity contribution in [1.29, 1.82) is 0 Å². The fourth-order valence-corrected chi connectivity index (χ4v) is 6.81. The molecule has 2 heterocycles. The van der Waals surface area contributed by atoms with Crippen molar-refractivity contribution in [3.63, 3.8) is 0 Å². The zero-order valence-corrected chi connectivity index (χ0v) is 22.7. The van der Waals surface area contributed by atoms with E-state index in [-0.39, 0.29) is 17.0 Å². The van der Waals surface area contributed by atoms with E-state index >= 15 is 0 Å². The Morgan fingerprint density at radius 3 is 2.39 bits per heavy atom. The molecule has 3 aromatic rings. The second-order valence-electron chi connectivity index (χ2n) is 9.10. The van der Waals surface area contributed by atoms with E-state index in [0.29, 0.717) is 46.8 Å². The molecule has 0 radical (unpaired) electrons. The number of nitrogens with one attached hydrogen (secondary N) is 1. The first-order chi connectivity index (χ1) is 17.2. The first-order valence-corrected chi connectivity index (χ1v) is 14.3. The summed E-state index contributed by atoms with van der Waals surface area (Å²) in [6.07, 6.45) is 1.18. The number of ether oxygens (including phenoxy) is 1. The van der Waals surface area contributed by atoms with E-state index in [1.807, 2.05) is 43.4 Å². The van der Waals surface area contributed by atoms with E-state index in [2.05, 4.69) is 14.5 Å². The van der Waals surface area contributed by atoms with Crippen LogP contribution < -0.4 is 19.3 Å². The quantitative estimate of drug-likeness (QED) is 0.401. The Hall–Kier alpha value is -2.16. The molecule has 3 aromatic carbocycles. The largest absolute Gasteiger partial charge is 0.490 e. The highest BCUT2D eigenvalue weighted by Gasteiger charge is 2.33. The van der Waals surface area contributed by atoms with Crippen LogP contribution in [0, 0.1) is 0 Å². The van der Waals surface area contributed by atoms with E-state index < -0.39 is 10.0 Å². The maximum Gasteiger partial charge on any atom is 0.240 e. The van der Waals surface area contributed by atoms with Crippen LogP contribution >= 0.6 is 34.8 Å². The van der Waals surface area contributed by atoms with Gasteiger partial charge in [-0.25, -0.2) is 13.1 Å². The van der Waals surface area contributed by atoms with Crippen molar-refractivity contribution in [3.05, 3.63) is 81.3 Å². The molecule has 190 valence electrons. The lowest BCUT2D eigenvalue weighted by Crippen LogP contribution is -2.46. The molecule has 0 aliphatic carbocycles. The van der Waals surface area contributed by atoms with E-state index in [1.54, 1.807) is 24.3 Å². The first-order valence-electron chi connectivity index (χ1n) is 11.7. The SMILES string of the molecule is CN1CCOc2cc(S(=O)(=O)NC3CCN(c4ccc(Cl)cc4Cl)[C@H](c4ccc(Cl)cc4)C3)ccc21. The Bertz CT molecular complexity index is 1370. The fourth-order valence-electron chi connectivity index (χ4n) is 4.87. The number of rotatable bonds is 5. The van der Waals surface area contributed by atoms with Gasteiger partial charge in [0.15, 0.2) is 0 Å². The van der Waals surface area contributed by atoms with Crippen molar-refractivity contribution in [2.24, 2.45) is 0 Å². The number of hydrogen-bond donors (Lipinski definition) is 1. The molecule has 0 saturated carbocycles. The molecule has 6 nitrogen and oxygen atoms in total. The Balaban J connectivity index is 1.41. The van der Waals surface area contributed by atoms with Crippen LogP contribution in [0.2, 0.25) is 15.1 Å². The van der Waals surface area contributed by atoms with Gasteiger partial charge in [0.25, 0.3) is 0 Å². The summed E-state index contributed by atoms with van der Waals surface area (Å²) in [7, 11) is -1.79. The smallest absolute Gasteiger partial charge is 0.240 e. The number of piperidine rings is 1. The van der Waals surface area contributed by atoms with Crippen LogP contribution in [-0.2, 0) is 10.0 Å². The third-order valence-electron chi connectivity index (χ3n) is 6.74. The number of nitrogens with zero attached hydrogens (tertiary/aromatic N) is 2. The fraction of sp³-hybridized carbons (Fsp3) is 0.308. The van der Waals surface area contributed by atoms with Crippen molar-refractivity contribution >= 4 is 56.2 Å². The first kappa shape index (κ1) is 25.5. The number of halogens is 3.